The van der Waals surface area contributed by atoms with Gasteiger partial charge in [-0.15, -0.1) is 0 Å². The van der Waals surface area contributed by atoms with Gasteiger partial charge >= 0.3 is 5.97 Å². The maximum absolute atomic E-state index is 11.6. The van der Waals surface area contributed by atoms with Gasteiger partial charge in [-0.3, -0.25) is 4.79 Å². The highest BCUT2D eigenvalue weighted by Crippen LogP contribution is 2.21. The van der Waals surface area contributed by atoms with Crippen LogP contribution in [-0.4, -0.2) is 44.1 Å². The third-order valence-electron chi connectivity index (χ3n) is 2.27. The predicted octanol–water partition coefficient (Wildman–Crippen LogP) is 0.862. The van der Waals surface area contributed by atoms with E-state index in [4.69, 9.17) is 4.74 Å². The number of hydrogen-bond acceptors (Lipinski definition) is 4. The first kappa shape index (κ1) is 13.7. The molecule has 1 aliphatic rings. The minimum absolute atomic E-state index is 0.0624. The minimum atomic E-state index is -3.34. The van der Waals surface area contributed by atoms with E-state index in [1.54, 1.807) is 0 Å². The average molecular weight is 312 g/mol. The van der Waals surface area contributed by atoms with Crippen molar-refractivity contribution >= 4 is 31.9 Å². The number of carbonyl (C=O) groups excluding carboxylic acids is 1. The van der Waals surface area contributed by atoms with Crippen molar-refractivity contribution in [3.05, 3.63) is 11.1 Å². The molecule has 0 aromatic rings. The molecule has 0 radical (unpaired) electrons. The molecule has 0 unspecified atom stereocenters. The molecule has 1 heterocycles. The molecule has 0 aromatic heterocycles. The Bertz CT molecular complexity index is 392. The van der Waals surface area contributed by atoms with Gasteiger partial charge in [-0.25, -0.2) is 8.42 Å². The van der Waals surface area contributed by atoms with E-state index in [0.717, 1.165) is 6.26 Å². The van der Waals surface area contributed by atoms with E-state index < -0.39 is 22.0 Å². The second-order valence-electron chi connectivity index (χ2n) is 3.66. The zero-order valence-corrected chi connectivity index (χ0v) is 11.4. The van der Waals surface area contributed by atoms with Crippen LogP contribution in [0.3, 0.4) is 0 Å². The normalized spacial score (nSPS) is 22.0. The van der Waals surface area contributed by atoms with Crippen molar-refractivity contribution in [3.8, 4) is 0 Å². The molecule has 0 saturated carbocycles. The molecule has 1 rings (SSSR count). The van der Waals surface area contributed by atoms with Gasteiger partial charge in [-0.05, 0) is 12.8 Å². The lowest BCUT2D eigenvalue weighted by Crippen LogP contribution is -2.40. The number of ether oxygens (including phenoxy) is 1. The molecule has 0 amide bonds. The Morgan fingerprint density at radius 3 is 2.75 bits per heavy atom. The van der Waals surface area contributed by atoms with Gasteiger partial charge in [-0.2, -0.15) is 4.31 Å². The monoisotopic (exact) mass is 311 g/mol. The molecule has 0 aromatic carbocycles. The van der Waals surface area contributed by atoms with Crippen LogP contribution < -0.4 is 0 Å². The summed E-state index contributed by atoms with van der Waals surface area (Å²) in [7, 11) is -3.34. The van der Waals surface area contributed by atoms with E-state index in [-0.39, 0.29) is 6.61 Å². The van der Waals surface area contributed by atoms with Crippen molar-refractivity contribution in [3.63, 3.8) is 0 Å². The molecule has 16 heavy (non-hydrogen) atoms. The molecular weight excluding hydrogens is 298 g/mol. The second kappa shape index (κ2) is 5.29. The number of esters is 1. The number of sulfonamides is 1. The summed E-state index contributed by atoms with van der Waals surface area (Å²) in [6.07, 6.45) is 2.30. The Morgan fingerprint density at radius 1 is 1.62 bits per heavy atom. The lowest BCUT2D eigenvalue weighted by Gasteiger charge is -2.20. The Balaban J connectivity index is 2.65. The lowest BCUT2D eigenvalue weighted by molar-refractivity contribution is -0.146. The van der Waals surface area contributed by atoms with Crippen LogP contribution in [0.2, 0.25) is 0 Å². The highest BCUT2D eigenvalue weighted by Gasteiger charge is 2.37. The molecule has 0 aliphatic carbocycles. The first-order valence-corrected chi connectivity index (χ1v) is 7.43. The summed E-state index contributed by atoms with van der Waals surface area (Å²) in [5.74, 6) is -0.511. The molecule has 5 nitrogen and oxygen atoms in total. The Morgan fingerprint density at radius 2 is 2.25 bits per heavy atom. The van der Waals surface area contributed by atoms with Gasteiger partial charge in [0.1, 0.15) is 12.6 Å². The zero-order valence-electron chi connectivity index (χ0n) is 8.98. The maximum Gasteiger partial charge on any atom is 0.324 e. The summed E-state index contributed by atoms with van der Waals surface area (Å²) >= 11 is 3.06. The van der Waals surface area contributed by atoms with Crippen LogP contribution in [0.5, 0.6) is 0 Å². The molecule has 0 N–H and O–H groups in total. The molecule has 1 aliphatic heterocycles. The number of halogens is 1. The summed E-state index contributed by atoms with van der Waals surface area (Å²) in [5.41, 5.74) is 0. The third-order valence-corrected chi connectivity index (χ3v) is 3.79. The van der Waals surface area contributed by atoms with E-state index in [9.17, 15) is 13.2 Å². The van der Waals surface area contributed by atoms with E-state index >= 15 is 0 Å². The van der Waals surface area contributed by atoms with Gasteiger partial charge in [0.25, 0.3) is 0 Å². The summed E-state index contributed by atoms with van der Waals surface area (Å²) in [6, 6.07) is -0.679. The molecule has 0 spiro atoms. The SMILES string of the molecule is C=C(Br)COC(=O)[C@@H]1CCCN1S(C)(=O)=O. The van der Waals surface area contributed by atoms with Crippen LogP contribution >= 0.6 is 15.9 Å². The molecule has 92 valence electrons. The van der Waals surface area contributed by atoms with Gasteiger partial charge in [0.15, 0.2) is 0 Å². The van der Waals surface area contributed by atoms with Crippen LogP contribution in [0.4, 0.5) is 0 Å². The van der Waals surface area contributed by atoms with E-state index in [0.29, 0.717) is 23.9 Å². The van der Waals surface area contributed by atoms with Crippen molar-refractivity contribution < 1.29 is 17.9 Å². The highest BCUT2D eigenvalue weighted by atomic mass is 79.9. The smallest absolute Gasteiger partial charge is 0.324 e. The van der Waals surface area contributed by atoms with Crippen molar-refractivity contribution in [1.29, 1.82) is 0 Å². The maximum atomic E-state index is 11.6. The first-order valence-electron chi connectivity index (χ1n) is 4.79. The van der Waals surface area contributed by atoms with Gasteiger partial charge in [0.05, 0.1) is 6.26 Å². The van der Waals surface area contributed by atoms with Crippen LogP contribution in [0.1, 0.15) is 12.8 Å². The summed E-state index contributed by atoms with van der Waals surface area (Å²) in [5, 5.41) is 0. The molecule has 7 heteroatoms. The predicted molar refractivity (Wildman–Crippen MR) is 63.6 cm³/mol. The van der Waals surface area contributed by atoms with Crippen molar-refractivity contribution in [2.75, 3.05) is 19.4 Å². The fourth-order valence-electron chi connectivity index (χ4n) is 1.62. The summed E-state index contributed by atoms with van der Waals surface area (Å²) in [4.78, 5) is 11.6. The summed E-state index contributed by atoms with van der Waals surface area (Å²) in [6.45, 7) is 3.97. The van der Waals surface area contributed by atoms with Crippen LogP contribution in [0, 0.1) is 0 Å². The number of rotatable bonds is 4. The van der Waals surface area contributed by atoms with Crippen molar-refractivity contribution in [2.24, 2.45) is 0 Å². The van der Waals surface area contributed by atoms with Gasteiger partial charge < -0.3 is 4.74 Å². The zero-order chi connectivity index (χ0) is 12.3. The van der Waals surface area contributed by atoms with Gasteiger partial charge in [-0.1, -0.05) is 22.5 Å². The van der Waals surface area contributed by atoms with Crippen LogP contribution in [0.25, 0.3) is 0 Å². The Hall–Kier alpha value is -0.400. The fraction of sp³-hybridized carbons (Fsp3) is 0.667. The fourth-order valence-corrected chi connectivity index (χ4v) is 2.85. The number of carbonyl (C=O) groups is 1. The lowest BCUT2D eigenvalue weighted by atomic mass is 10.2. The minimum Gasteiger partial charge on any atom is -0.459 e. The van der Waals surface area contributed by atoms with E-state index in [1.807, 2.05) is 0 Å². The molecule has 0 bridgehead atoms. The molecular formula is C9H14BrNO4S. The quantitative estimate of drug-likeness (QED) is 0.722. The summed E-state index contributed by atoms with van der Waals surface area (Å²) < 4.78 is 29.4. The van der Waals surface area contributed by atoms with Crippen molar-refractivity contribution in [2.45, 2.75) is 18.9 Å². The van der Waals surface area contributed by atoms with E-state index in [1.165, 1.54) is 4.31 Å². The molecule has 1 fully saturated rings. The topological polar surface area (TPSA) is 63.7 Å². The Kier molecular flexibility index (Phi) is 4.52. The van der Waals surface area contributed by atoms with Crippen LogP contribution in [0.15, 0.2) is 11.1 Å². The average Bonchev–Trinajstić information content (AvgIpc) is 2.61. The number of nitrogens with zero attached hydrogens (tertiary/aromatic N) is 1. The largest absolute Gasteiger partial charge is 0.459 e. The Labute approximate surface area is 104 Å². The van der Waals surface area contributed by atoms with E-state index in [2.05, 4.69) is 22.5 Å². The molecule has 1 atom stereocenters. The van der Waals surface area contributed by atoms with Crippen LogP contribution in [-0.2, 0) is 19.6 Å². The number of hydrogen-bond donors (Lipinski definition) is 0. The van der Waals surface area contributed by atoms with Gasteiger partial charge in [0, 0.05) is 11.0 Å². The van der Waals surface area contributed by atoms with Crippen molar-refractivity contribution in [1.82, 2.24) is 4.31 Å². The second-order valence-corrected chi connectivity index (χ2v) is 6.71. The molecule has 1 saturated heterocycles. The standard InChI is InChI=1S/C9H14BrNO4S/c1-7(10)6-15-9(12)8-4-3-5-11(8)16(2,13)14/h8H,1,3-6H2,2H3/t8-/m0/s1. The first-order chi connectivity index (χ1) is 7.32. The third kappa shape index (κ3) is 3.57. The van der Waals surface area contributed by atoms with Gasteiger partial charge in [0.2, 0.25) is 10.0 Å². The highest BCUT2D eigenvalue weighted by molar-refractivity contribution is 9.11.